The van der Waals surface area contributed by atoms with Gasteiger partial charge in [-0.3, -0.25) is 9.59 Å². The molecule has 3 aromatic rings. The Bertz CT molecular complexity index is 999. The zero-order valence-corrected chi connectivity index (χ0v) is 16.1. The molecule has 0 unspecified atom stereocenters. The van der Waals surface area contributed by atoms with Crippen LogP contribution in [0.25, 0.3) is 5.69 Å². The van der Waals surface area contributed by atoms with Gasteiger partial charge >= 0.3 is 0 Å². The van der Waals surface area contributed by atoms with Crippen LogP contribution in [0.5, 0.6) is 0 Å². The summed E-state index contributed by atoms with van der Waals surface area (Å²) < 4.78 is 1.62. The molecule has 7 nitrogen and oxygen atoms in total. The molecule has 1 amide bonds. The maximum Gasteiger partial charge on any atom is 0.234 e. The van der Waals surface area contributed by atoms with Gasteiger partial charge in [-0.2, -0.15) is 4.68 Å². The first kappa shape index (κ1) is 18.8. The Kier molecular flexibility index (Phi) is 5.66. The van der Waals surface area contributed by atoms with E-state index in [9.17, 15) is 9.59 Å². The summed E-state index contributed by atoms with van der Waals surface area (Å²) in [4.78, 5) is 24.0. The smallest absolute Gasteiger partial charge is 0.234 e. The molecule has 2 aromatic carbocycles. The molecule has 0 spiro atoms. The highest BCUT2D eigenvalue weighted by molar-refractivity contribution is 7.99. The Balaban J connectivity index is 1.71. The SMILES string of the molecule is CC(=O)c1ccccc1NC(=O)CSc1nnnn1-c1ccc(C)cc1C. The molecule has 1 aromatic heterocycles. The Hall–Kier alpha value is -3.00. The van der Waals surface area contributed by atoms with Crippen molar-refractivity contribution in [2.24, 2.45) is 0 Å². The molecule has 0 aliphatic carbocycles. The van der Waals surface area contributed by atoms with Crippen molar-refractivity contribution < 1.29 is 9.59 Å². The number of rotatable bonds is 6. The minimum absolute atomic E-state index is 0.0997. The molecule has 0 radical (unpaired) electrons. The summed E-state index contributed by atoms with van der Waals surface area (Å²) in [5, 5.41) is 15.1. The minimum Gasteiger partial charge on any atom is -0.325 e. The van der Waals surface area contributed by atoms with Gasteiger partial charge in [-0.15, -0.1) is 5.10 Å². The molecular weight excluding hydrogens is 362 g/mol. The number of carbonyl (C=O) groups excluding carboxylic acids is 2. The lowest BCUT2D eigenvalue weighted by atomic mass is 10.1. The normalized spacial score (nSPS) is 10.6. The highest BCUT2D eigenvalue weighted by atomic mass is 32.2. The average molecular weight is 381 g/mol. The van der Waals surface area contributed by atoms with Crippen molar-refractivity contribution in [2.45, 2.75) is 25.9 Å². The summed E-state index contributed by atoms with van der Waals surface area (Å²) in [5.41, 5.74) is 4.06. The van der Waals surface area contributed by atoms with Gasteiger partial charge in [-0.05, 0) is 55.0 Å². The molecule has 138 valence electrons. The lowest BCUT2D eigenvalue weighted by Crippen LogP contribution is -2.16. The van der Waals surface area contributed by atoms with E-state index >= 15 is 0 Å². The van der Waals surface area contributed by atoms with Crippen LogP contribution in [0.15, 0.2) is 47.6 Å². The lowest BCUT2D eigenvalue weighted by molar-refractivity contribution is -0.113. The second kappa shape index (κ2) is 8.13. The van der Waals surface area contributed by atoms with Crippen LogP contribution in [0.3, 0.4) is 0 Å². The molecule has 8 heteroatoms. The maximum absolute atomic E-state index is 12.3. The zero-order chi connectivity index (χ0) is 19.4. The molecule has 0 aliphatic heterocycles. The molecule has 0 aliphatic rings. The number of nitrogens with zero attached hydrogens (tertiary/aromatic N) is 4. The van der Waals surface area contributed by atoms with E-state index in [-0.39, 0.29) is 17.4 Å². The number of anilines is 1. The number of tetrazole rings is 1. The predicted molar refractivity (Wildman–Crippen MR) is 104 cm³/mol. The Morgan fingerprint density at radius 2 is 1.93 bits per heavy atom. The second-order valence-corrected chi connectivity index (χ2v) is 7.04. The fourth-order valence-corrected chi connectivity index (χ4v) is 3.36. The fraction of sp³-hybridized carbons (Fsp3) is 0.211. The highest BCUT2D eigenvalue weighted by Gasteiger charge is 2.14. The standard InChI is InChI=1S/C19H19N5O2S/c1-12-8-9-17(13(2)10-12)24-19(21-22-23-24)27-11-18(26)20-16-7-5-4-6-15(16)14(3)25/h4-10H,11H2,1-3H3,(H,20,26). The minimum atomic E-state index is -0.233. The van der Waals surface area contributed by atoms with Crippen LogP contribution in [0.4, 0.5) is 5.69 Å². The Morgan fingerprint density at radius 1 is 1.15 bits per heavy atom. The summed E-state index contributed by atoms with van der Waals surface area (Å²) in [6.07, 6.45) is 0. The Labute approximate surface area is 161 Å². The van der Waals surface area contributed by atoms with Gasteiger partial charge in [0.25, 0.3) is 0 Å². The van der Waals surface area contributed by atoms with Crippen molar-refractivity contribution >= 4 is 29.1 Å². The quantitative estimate of drug-likeness (QED) is 0.521. The first-order valence-electron chi connectivity index (χ1n) is 8.34. The second-order valence-electron chi connectivity index (χ2n) is 6.10. The summed E-state index contributed by atoms with van der Waals surface area (Å²) >= 11 is 1.23. The average Bonchev–Trinajstić information content (AvgIpc) is 3.08. The topological polar surface area (TPSA) is 89.8 Å². The molecule has 0 bridgehead atoms. The van der Waals surface area contributed by atoms with Crippen molar-refractivity contribution in [3.8, 4) is 5.69 Å². The number of carbonyl (C=O) groups is 2. The number of benzene rings is 2. The predicted octanol–water partition coefficient (Wildman–Crippen LogP) is 3.21. The molecule has 27 heavy (non-hydrogen) atoms. The third-order valence-corrected chi connectivity index (χ3v) is 4.85. The van der Waals surface area contributed by atoms with Gasteiger partial charge in [-0.1, -0.05) is 41.6 Å². The van der Waals surface area contributed by atoms with Gasteiger partial charge in [0.2, 0.25) is 11.1 Å². The van der Waals surface area contributed by atoms with Crippen molar-refractivity contribution in [3.63, 3.8) is 0 Å². The van der Waals surface area contributed by atoms with Crippen LogP contribution in [0.1, 0.15) is 28.4 Å². The number of para-hydroxylation sites is 1. The van der Waals surface area contributed by atoms with Crippen LogP contribution in [0.2, 0.25) is 0 Å². The van der Waals surface area contributed by atoms with Gasteiger partial charge in [0.1, 0.15) is 0 Å². The van der Waals surface area contributed by atoms with Crippen LogP contribution < -0.4 is 5.32 Å². The molecule has 1 N–H and O–H groups in total. The van der Waals surface area contributed by atoms with Gasteiger partial charge in [-0.25, -0.2) is 0 Å². The third-order valence-electron chi connectivity index (χ3n) is 3.93. The maximum atomic E-state index is 12.3. The highest BCUT2D eigenvalue weighted by Crippen LogP contribution is 2.22. The molecule has 1 heterocycles. The number of ketones is 1. The summed E-state index contributed by atoms with van der Waals surface area (Å²) in [7, 11) is 0. The molecule has 0 fully saturated rings. The van der Waals surface area contributed by atoms with Crippen LogP contribution in [-0.2, 0) is 4.79 Å². The number of Topliss-reactive ketones (excluding diaryl/α,β-unsaturated/α-hetero) is 1. The molecule has 0 atom stereocenters. The van der Waals surface area contributed by atoms with E-state index in [0.717, 1.165) is 16.8 Å². The van der Waals surface area contributed by atoms with Crippen LogP contribution >= 0.6 is 11.8 Å². The van der Waals surface area contributed by atoms with Crippen molar-refractivity contribution in [1.82, 2.24) is 20.2 Å². The van der Waals surface area contributed by atoms with E-state index in [0.29, 0.717) is 16.4 Å². The number of aromatic nitrogens is 4. The van der Waals surface area contributed by atoms with Gasteiger partial charge < -0.3 is 5.32 Å². The van der Waals surface area contributed by atoms with E-state index < -0.39 is 0 Å². The largest absolute Gasteiger partial charge is 0.325 e. The summed E-state index contributed by atoms with van der Waals surface area (Å²) in [6, 6.07) is 12.9. The van der Waals surface area contributed by atoms with E-state index in [1.54, 1.807) is 28.9 Å². The van der Waals surface area contributed by atoms with Crippen molar-refractivity contribution in [1.29, 1.82) is 0 Å². The monoisotopic (exact) mass is 381 g/mol. The summed E-state index contributed by atoms with van der Waals surface area (Å²) in [5.74, 6) is -0.210. The number of aryl methyl sites for hydroxylation is 2. The van der Waals surface area contributed by atoms with Gasteiger partial charge in [0.05, 0.1) is 17.1 Å². The van der Waals surface area contributed by atoms with Gasteiger partial charge in [0, 0.05) is 5.56 Å². The number of nitrogens with one attached hydrogen (secondary N) is 1. The van der Waals surface area contributed by atoms with Gasteiger partial charge in [0.15, 0.2) is 5.78 Å². The van der Waals surface area contributed by atoms with E-state index in [2.05, 4.69) is 26.9 Å². The Morgan fingerprint density at radius 3 is 2.67 bits per heavy atom. The number of thioether (sulfide) groups is 1. The first-order valence-corrected chi connectivity index (χ1v) is 9.33. The molecule has 3 rings (SSSR count). The van der Waals surface area contributed by atoms with Crippen LogP contribution in [-0.4, -0.2) is 37.7 Å². The van der Waals surface area contributed by atoms with Crippen molar-refractivity contribution in [2.75, 3.05) is 11.1 Å². The third kappa shape index (κ3) is 4.40. The zero-order valence-electron chi connectivity index (χ0n) is 15.3. The number of hydrogen-bond acceptors (Lipinski definition) is 6. The molecular formula is C19H19N5O2S. The fourth-order valence-electron chi connectivity index (χ4n) is 2.68. The summed E-state index contributed by atoms with van der Waals surface area (Å²) in [6.45, 7) is 5.48. The molecule has 0 saturated heterocycles. The van der Waals surface area contributed by atoms with E-state index in [1.165, 1.54) is 18.7 Å². The first-order chi connectivity index (χ1) is 13.0. The van der Waals surface area contributed by atoms with E-state index in [4.69, 9.17) is 0 Å². The molecule has 0 saturated carbocycles. The van der Waals surface area contributed by atoms with Crippen molar-refractivity contribution in [3.05, 3.63) is 59.2 Å². The lowest BCUT2D eigenvalue weighted by Gasteiger charge is -2.10. The van der Waals surface area contributed by atoms with E-state index in [1.807, 2.05) is 26.0 Å². The van der Waals surface area contributed by atoms with Crippen LogP contribution in [0, 0.1) is 13.8 Å². The number of hydrogen-bond donors (Lipinski definition) is 1. The number of amides is 1.